The van der Waals surface area contributed by atoms with E-state index in [0.717, 1.165) is 28.2 Å². The van der Waals surface area contributed by atoms with Gasteiger partial charge in [-0.05, 0) is 37.1 Å². The standard InChI is InChI=1S/C24H23NO3S2/c1-18-11-13-20(14-12-18)30(26,27)28-16-6-15-25-24-21-8-3-2-7-19(21)17-29-23-10-5-4-9-22(23)24/h2-5,7-14H,6,15-17H2,1H3. The maximum atomic E-state index is 12.3. The summed E-state index contributed by atoms with van der Waals surface area (Å²) in [6.45, 7) is 2.51. The van der Waals surface area contributed by atoms with Gasteiger partial charge in [-0.2, -0.15) is 8.42 Å². The minimum atomic E-state index is -3.74. The van der Waals surface area contributed by atoms with E-state index in [0.29, 0.717) is 13.0 Å². The van der Waals surface area contributed by atoms with Gasteiger partial charge in [-0.3, -0.25) is 9.18 Å². The summed E-state index contributed by atoms with van der Waals surface area (Å²) in [6, 6.07) is 23.3. The van der Waals surface area contributed by atoms with Gasteiger partial charge < -0.3 is 0 Å². The fourth-order valence-corrected chi connectivity index (χ4v) is 5.33. The van der Waals surface area contributed by atoms with Crippen LogP contribution in [-0.4, -0.2) is 27.3 Å². The normalized spacial score (nSPS) is 14.8. The van der Waals surface area contributed by atoms with Crippen LogP contribution in [0.2, 0.25) is 0 Å². The quantitative estimate of drug-likeness (QED) is 0.391. The molecule has 4 rings (SSSR count). The molecule has 0 N–H and O–H groups in total. The number of benzene rings is 3. The molecule has 0 saturated carbocycles. The van der Waals surface area contributed by atoms with Crippen LogP contribution in [0.25, 0.3) is 0 Å². The average Bonchev–Trinajstić information content (AvgIpc) is 2.91. The Morgan fingerprint density at radius 2 is 1.63 bits per heavy atom. The van der Waals surface area contributed by atoms with E-state index in [9.17, 15) is 8.42 Å². The van der Waals surface area contributed by atoms with E-state index < -0.39 is 10.1 Å². The molecule has 3 aromatic carbocycles. The second-order valence-corrected chi connectivity index (χ2v) is 9.75. The monoisotopic (exact) mass is 437 g/mol. The second kappa shape index (κ2) is 9.16. The topological polar surface area (TPSA) is 55.7 Å². The van der Waals surface area contributed by atoms with Crippen molar-refractivity contribution >= 4 is 27.6 Å². The molecule has 0 aromatic heterocycles. The zero-order valence-corrected chi connectivity index (χ0v) is 18.4. The van der Waals surface area contributed by atoms with Crippen LogP contribution in [0.4, 0.5) is 0 Å². The fourth-order valence-electron chi connectivity index (χ4n) is 3.33. The van der Waals surface area contributed by atoms with Gasteiger partial charge in [0, 0.05) is 28.3 Å². The van der Waals surface area contributed by atoms with Crippen LogP contribution in [-0.2, 0) is 20.1 Å². The smallest absolute Gasteiger partial charge is 0.284 e. The van der Waals surface area contributed by atoms with E-state index in [1.54, 1.807) is 24.3 Å². The number of aliphatic imine (C=N–C) groups is 1. The number of thioether (sulfide) groups is 1. The fraction of sp³-hybridized carbons (Fsp3) is 0.208. The molecule has 0 amide bonds. The largest absolute Gasteiger partial charge is 0.296 e. The van der Waals surface area contributed by atoms with Crippen LogP contribution in [0.3, 0.4) is 0 Å². The van der Waals surface area contributed by atoms with E-state index in [1.165, 1.54) is 10.5 Å². The molecule has 0 bridgehead atoms. The van der Waals surface area contributed by atoms with Gasteiger partial charge in [-0.15, -0.1) is 11.8 Å². The summed E-state index contributed by atoms with van der Waals surface area (Å²) in [7, 11) is -3.74. The Bertz CT molecular complexity index is 1120. The third-order valence-electron chi connectivity index (χ3n) is 4.92. The molecule has 154 valence electrons. The molecule has 0 saturated heterocycles. The highest BCUT2D eigenvalue weighted by Gasteiger charge is 2.19. The molecule has 0 fully saturated rings. The highest BCUT2D eigenvalue weighted by Crippen LogP contribution is 2.34. The first kappa shape index (κ1) is 20.8. The maximum Gasteiger partial charge on any atom is 0.296 e. The molecule has 1 heterocycles. The van der Waals surface area contributed by atoms with E-state index >= 15 is 0 Å². The van der Waals surface area contributed by atoms with Crippen LogP contribution in [0.5, 0.6) is 0 Å². The van der Waals surface area contributed by atoms with Gasteiger partial charge in [0.1, 0.15) is 0 Å². The molecule has 0 spiro atoms. The molecule has 1 aliphatic rings. The molecular weight excluding hydrogens is 414 g/mol. The lowest BCUT2D eigenvalue weighted by atomic mass is 9.98. The Balaban J connectivity index is 1.47. The number of aryl methyl sites for hydroxylation is 1. The van der Waals surface area contributed by atoms with Gasteiger partial charge in [-0.1, -0.05) is 60.2 Å². The summed E-state index contributed by atoms with van der Waals surface area (Å²) < 4.78 is 29.8. The first-order valence-electron chi connectivity index (χ1n) is 9.86. The lowest BCUT2D eigenvalue weighted by Crippen LogP contribution is -2.10. The molecule has 1 aliphatic heterocycles. The highest BCUT2D eigenvalue weighted by atomic mass is 32.2. The van der Waals surface area contributed by atoms with Crippen molar-refractivity contribution in [2.45, 2.75) is 28.9 Å². The summed E-state index contributed by atoms with van der Waals surface area (Å²) in [5.41, 5.74) is 5.50. The Hall–Kier alpha value is -2.41. The van der Waals surface area contributed by atoms with Crippen molar-refractivity contribution in [1.82, 2.24) is 0 Å². The molecule has 30 heavy (non-hydrogen) atoms. The summed E-state index contributed by atoms with van der Waals surface area (Å²) >= 11 is 1.82. The molecule has 0 unspecified atom stereocenters. The van der Waals surface area contributed by atoms with Crippen LogP contribution in [0.1, 0.15) is 28.7 Å². The van der Waals surface area contributed by atoms with Crippen molar-refractivity contribution < 1.29 is 12.6 Å². The predicted molar refractivity (Wildman–Crippen MR) is 122 cm³/mol. The van der Waals surface area contributed by atoms with E-state index in [2.05, 4.69) is 30.3 Å². The van der Waals surface area contributed by atoms with Crippen molar-refractivity contribution in [3.8, 4) is 0 Å². The average molecular weight is 438 g/mol. The van der Waals surface area contributed by atoms with Gasteiger partial charge in [0.15, 0.2) is 0 Å². The number of hydrogen-bond donors (Lipinski definition) is 0. The Labute approximate surface area is 182 Å². The molecule has 0 radical (unpaired) electrons. The number of rotatable bonds is 6. The van der Waals surface area contributed by atoms with Crippen LogP contribution in [0.15, 0.2) is 87.6 Å². The van der Waals surface area contributed by atoms with Gasteiger partial charge >= 0.3 is 0 Å². The number of fused-ring (bicyclic) bond motifs is 2. The summed E-state index contributed by atoms with van der Waals surface area (Å²) in [4.78, 5) is 6.26. The van der Waals surface area contributed by atoms with Crippen LogP contribution < -0.4 is 0 Å². The molecular formula is C24H23NO3S2. The SMILES string of the molecule is Cc1ccc(S(=O)(=O)OCCCN=C2c3ccccc3CSc3ccccc32)cc1. The van der Waals surface area contributed by atoms with Gasteiger partial charge in [0.25, 0.3) is 10.1 Å². The molecule has 3 aromatic rings. The number of hydrogen-bond acceptors (Lipinski definition) is 5. The number of nitrogens with zero attached hydrogens (tertiary/aromatic N) is 1. The van der Waals surface area contributed by atoms with Gasteiger partial charge in [-0.25, -0.2) is 0 Å². The Morgan fingerprint density at radius 3 is 2.43 bits per heavy atom. The van der Waals surface area contributed by atoms with E-state index in [1.807, 2.05) is 36.9 Å². The Morgan fingerprint density at radius 1 is 0.933 bits per heavy atom. The summed E-state index contributed by atoms with van der Waals surface area (Å²) in [5.74, 6) is 0.907. The molecule has 6 heteroatoms. The second-order valence-electron chi connectivity index (χ2n) is 7.12. The zero-order valence-electron chi connectivity index (χ0n) is 16.7. The molecule has 4 nitrogen and oxygen atoms in total. The predicted octanol–water partition coefficient (Wildman–Crippen LogP) is 5.23. The van der Waals surface area contributed by atoms with Gasteiger partial charge in [0.2, 0.25) is 0 Å². The first-order chi connectivity index (χ1) is 14.5. The summed E-state index contributed by atoms with van der Waals surface area (Å²) in [5, 5.41) is 0. The minimum absolute atomic E-state index is 0.102. The third kappa shape index (κ3) is 4.67. The van der Waals surface area contributed by atoms with Gasteiger partial charge in [0.05, 0.1) is 17.2 Å². The lowest BCUT2D eigenvalue weighted by molar-refractivity contribution is 0.314. The van der Waals surface area contributed by atoms with Crippen molar-refractivity contribution in [3.05, 3.63) is 95.1 Å². The van der Waals surface area contributed by atoms with Crippen molar-refractivity contribution in [2.24, 2.45) is 4.99 Å². The zero-order chi connectivity index (χ0) is 21.0. The van der Waals surface area contributed by atoms with E-state index in [-0.39, 0.29) is 11.5 Å². The molecule has 0 aliphatic carbocycles. The highest BCUT2D eigenvalue weighted by molar-refractivity contribution is 7.98. The lowest BCUT2D eigenvalue weighted by Gasteiger charge is -2.10. The third-order valence-corrected chi connectivity index (χ3v) is 7.37. The maximum absolute atomic E-state index is 12.3. The van der Waals surface area contributed by atoms with Crippen LogP contribution in [0, 0.1) is 6.92 Å². The van der Waals surface area contributed by atoms with Crippen molar-refractivity contribution in [2.75, 3.05) is 13.2 Å². The van der Waals surface area contributed by atoms with Crippen LogP contribution >= 0.6 is 11.8 Å². The van der Waals surface area contributed by atoms with Crippen molar-refractivity contribution in [1.29, 1.82) is 0 Å². The first-order valence-corrected chi connectivity index (χ1v) is 12.2. The van der Waals surface area contributed by atoms with Crippen molar-refractivity contribution in [3.63, 3.8) is 0 Å². The Kier molecular flexibility index (Phi) is 6.37. The van der Waals surface area contributed by atoms with E-state index in [4.69, 9.17) is 9.18 Å². The summed E-state index contributed by atoms with van der Waals surface area (Å²) in [6.07, 6.45) is 0.520. The minimum Gasteiger partial charge on any atom is -0.284 e. The molecule has 0 atom stereocenters.